The number of fused-ring (bicyclic) bond motifs is 5. The second kappa shape index (κ2) is 5.97. The SMILES string of the molecule is Cl.O=C(CCCc1cn[nH]c1)N1[C@@H]2CC[C@H]1[C@H]1CNC[C@H]12. The molecular weight excluding hydrogens is 288 g/mol. The largest absolute Gasteiger partial charge is 0.336 e. The number of hydrogen-bond acceptors (Lipinski definition) is 3. The molecule has 4 rings (SSSR count). The Balaban J connectivity index is 0.00000132. The molecule has 4 heterocycles. The Morgan fingerprint density at radius 3 is 2.62 bits per heavy atom. The third kappa shape index (κ3) is 2.46. The minimum absolute atomic E-state index is 0. The summed E-state index contributed by atoms with van der Waals surface area (Å²) >= 11 is 0. The summed E-state index contributed by atoms with van der Waals surface area (Å²) in [4.78, 5) is 14.8. The molecule has 21 heavy (non-hydrogen) atoms. The Morgan fingerprint density at radius 2 is 2.00 bits per heavy atom. The van der Waals surface area contributed by atoms with Crippen molar-refractivity contribution in [3.8, 4) is 0 Å². The third-order valence-corrected chi connectivity index (χ3v) is 5.47. The minimum atomic E-state index is 0. The van der Waals surface area contributed by atoms with Gasteiger partial charge in [0, 0.05) is 37.8 Å². The van der Waals surface area contributed by atoms with Crippen LogP contribution in [0, 0.1) is 11.8 Å². The van der Waals surface area contributed by atoms with E-state index in [1.165, 1.54) is 18.4 Å². The van der Waals surface area contributed by atoms with Gasteiger partial charge in [0.25, 0.3) is 0 Å². The van der Waals surface area contributed by atoms with Gasteiger partial charge >= 0.3 is 0 Å². The van der Waals surface area contributed by atoms with E-state index in [1.807, 2.05) is 12.4 Å². The fraction of sp³-hybridized carbons (Fsp3) is 0.733. The summed E-state index contributed by atoms with van der Waals surface area (Å²) < 4.78 is 0. The monoisotopic (exact) mass is 310 g/mol. The van der Waals surface area contributed by atoms with Crippen molar-refractivity contribution in [1.29, 1.82) is 0 Å². The van der Waals surface area contributed by atoms with E-state index >= 15 is 0 Å². The zero-order chi connectivity index (χ0) is 13.5. The van der Waals surface area contributed by atoms with Crippen LogP contribution in [0.15, 0.2) is 12.4 Å². The highest BCUT2D eigenvalue weighted by molar-refractivity contribution is 5.85. The van der Waals surface area contributed by atoms with Crippen LogP contribution >= 0.6 is 12.4 Å². The Morgan fingerprint density at radius 1 is 1.29 bits per heavy atom. The number of aromatic amines is 1. The van der Waals surface area contributed by atoms with Gasteiger partial charge in [-0.05, 0) is 43.1 Å². The molecule has 1 amide bonds. The van der Waals surface area contributed by atoms with Crippen LogP contribution in [0.2, 0.25) is 0 Å². The van der Waals surface area contributed by atoms with Gasteiger partial charge in [0.05, 0.1) is 6.20 Å². The number of hydrogen-bond donors (Lipinski definition) is 2. The van der Waals surface area contributed by atoms with Gasteiger partial charge in [0.15, 0.2) is 0 Å². The maximum absolute atomic E-state index is 12.5. The van der Waals surface area contributed by atoms with Gasteiger partial charge < -0.3 is 10.2 Å². The maximum Gasteiger partial charge on any atom is 0.223 e. The maximum atomic E-state index is 12.5. The Bertz CT molecular complexity index is 474. The van der Waals surface area contributed by atoms with Gasteiger partial charge in [0.2, 0.25) is 5.91 Å². The molecule has 3 saturated heterocycles. The fourth-order valence-electron chi connectivity index (χ4n) is 4.63. The molecule has 6 heteroatoms. The number of amides is 1. The first-order chi connectivity index (χ1) is 9.84. The summed E-state index contributed by atoms with van der Waals surface area (Å²) in [5, 5.41) is 10.3. The van der Waals surface area contributed by atoms with E-state index < -0.39 is 0 Å². The molecule has 2 N–H and O–H groups in total. The number of nitrogens with zero attached hydrogens (tertiary/aromatic N) is 2. The predicted molar refractivity (Wildman–Crippen MR) is 82.3 cm³/mol. The number of carbonyl (C=O) groups excluding carboxylic acids is 1. The Kier molecular flexibility index (Phi) is 4.22. The second-order valence-corrected chi connectivity index (χ2v) is 6.46. The number of halogens is 1. The van der Waals surface area contributed by atoms with E-state index in [0.29, 0.717) is 24.4 Å². The molecule has 3 fully saturated rings. The predicted octanol–water partition coefficient (Wildman–Crippen LogP) is 1.36. The van der Waals surface area contributed by atoms with Gasteiger partial charge in [-0.25, -0.2) is 0 Å². The van der Waals surface area contributed by atoms with E-state index in [9.17, 15) is 4.79 Å². The molecule has 3 aliphatic heterocycles. The first-order valence-electron chi connectivity index (χ1n) is 7.84. The molecule has 1 aromatic rings. The van der Waals surface area contributed by atoms with Crippen molar-refractivity contribution in [2.24, 2.45) is 11.8 Å². The molecule has 5 nitrogen and oxygen atoms in total. The summed E-state index contributed by atoms with van der Waals surface area (Å²) in [6.45, 7) is 2.23. The lowest BCUT2D eigenvalue weighted by Crippen LogP contribution is -2.39. The summed E-state index contributed by atoms with van der Waals surface area (Å²) in [5.74, 6) is 1.84. The van der Waals surface area contributed by atoms with Crippen LogP contribution in [-0.2, 0) is 11.2 Å². The van der Waals surface area contributed by atoms with Crippen LogP contribution in [0.5, 0.6) is 0 Å². The number of aryl methyl sites for hydroxylation is 1. The van der Waals surface area contributed by atoms with Crippen LogP contribution in [0.1, 0.15) is 31.2 Å². The summed E-state index contributed by atoms with van der Waals surface area (Å²) in [6.07, 6.45) is 8.77. The van der Waals surface area contributed by atoms with Crippen molar-refractivity contribution in [2.45, 2.75) is 44.2 Å². The molecule has 0 radical (unpaired) electrons. The van der Waals surface area contributed by atoms with E-state index in [2.05, 4.69) is 20.4 Å². The average molecular weight is 311 g/mol. The molecule has 2 bridgehead atoms. The Hall–Kier alpha value is -1.07. The molecule has 0 aromatic carbocycles. The normalized spacial score (nSPS) is 33.0. The summed E-state index contributed by atoms with van der Waals surface area (Å²) in [6, 6.07) is 1.06. The van der Waals surface area contributed by atoms with Crippen LogP contribution < -0.4 is 5.32 Å². The highest BCUT2D eigenvalue weighted by atomic mass is 35.5. The van der Waals surface area contributed by atoms with Crippen molar-refractivity contribution >= 4 is 18.3 Å². The lowest BCUT2D eigenvalue weighted by molar-refractivity contribution is -0.133. The molecule has 0 saturated carbocycles. The van der Waals surface area contributed by atoms with E-state index in [1.54, 1.807) is 0 Å². The standard InChI is InChI=1S/C15H22N4O.ClH/c20-15(3-1-2-10-6-17-18-7-10)19-13-4-5-14(19)12-9-16-8-11(12)13;/h6-7,11-14,16H,1-5,8-9H2,(H,17,18);1H/t11-,12+,13-,14+;. The van der Waals surface area contributed by atoms with Crippen molar-refractivity contribution < 1.29 is 4.79 Å². The van der Waals surface area contributed by atoms with Gasteiger partial charge in [-0.15, -0.1) is 12.4 Å². The van der Waals surface area contributed by atoms with Gasteiger partial charge in [-0.1, -0.05) is 0 Å². The first-order valence-corrected chi connectivity index (χ1v) is 7.84. The van der Waals surface area contributed by atoms with Crippen molar-refractivity contribution in [3.63, 3.8) is 0 Å². The molecule has 0 aliphatic carbocycles. The molecule has 3 aliphatic rings. The highest BCUT2D eigenvalue weighted by Gasteiger charge is 2.55. The van der Waals surface area contributed by atoms with Crippen molar-refractivity contribution in [2.75, 3.05) is 13.1 Å². The fourth-order valence-corrected chi connectivity index (χ4v) is 4.63. The number of aromatic nitrogens is 2. The van der Waals surface area contributed by atoms with Gasteiger partial charge in [-0.2, -0.15) is 5.10 Å². The van der Waals surface area contributed by atoms with E-state index in [-0.39, 0.29) is 12.4 Å². The molecule has 4 atom stereocenters. The first kappa shape index (κ1) is 14.9. The van der Waals surface area contributed by atoms with Crippen molar-refractivity contribution in [3.05, 3.63) is 18.0 Å². The summed E-state index contributed by atoms with van der Waals surface area (Å²) in [5.41, 5.74) is 1.20. The zero-order valence-corrected chi connectivity index (χ0v) is 12.9. The number of rotatable bonds is 4. The van der Waals surface area contributed by atoms with Crippen LogP contribution in [0.25, 0.3) is 0 Å². The van der Waals surface area contributed by atoms with Crippen LogP contribution in [0.4, 0.5) is 0 Å². The van der Waals surface area contributed by atoms with Crippen molar-refractivity contribution in [1.82, 2.24) is 20.4 Å². The zero-order valence-electron chi connectivity index (χ0n) is 12.1. The lowest BCUT2D eigenvalue weighted by Gasteiger charge is -2.24. The average Bonchev–Trinajstić information content (AvgIpc) is 3.20. The van der Waals surface area contributed by atoms with Crippen LogP contribution in [-0.4, -0.2) is 46.2 Å². The number of carbonyl (C=O) groups is 1. The summed E-state index contributed by atoms with van der Waals surface area (Å²) in [7, 11) is 0. The van der Waals surface area contributed by atoms with Crippen LogP contribution in [0.3, 0.4) is 0 Å². The molecule has 0 unspecified atom stereocenters. The van der Waals surface area contributed by atoms with E-state index in [4.69, 9.17) is 0 Å². The van der Waals surface area contributed by atoms with Gasteiger partial charge in [-0.3, -0.25) is 9.89 Å². The molecular formula is C15H23ClN4O. The molecule has 0 spiro atoms. The topological polar surface area (TPSA) is 61.0 Å². The Labute approximate surface area is 131 Å². The molecule has 1 aromatic heterocycles. The highest BCUT2D eigenvalue weighted by Crippen LogP contribution is 2.47. The smallest absolute Gasteiger partial charge is 0.223 e. The number of H-pyrrole nitrogens is 1. The molecule has 116 valence electrons. The number of nitrogens with one attached hydrogen (secondary N) is 2. The minimum Gasteiger partial charge on any atom is -0.336 e. The quantitative estimate of drug-likeness (QED) is 0.883. The second-order valence-electron chi connectivity index (χ2n) is 6.46. The van der Waals surface area contributed by atoms with E-state index in [0.717, 1.165) is 37.8 Å². The van der Waals surface area contributed by atoms with Gasteiger partial charge in [0.1, 0.15) is 0 Å². The lowest BCUT2D eigenvalue weighted by atomic mass is 9.82. The third-order valence-electron chi connectivity index (χ3n) is 5.47.